The van der Waals surface area contributed by atoms with E-state index < -0.39 is 17.7 Å². The Balaban J connectivity index is 1.60. The molecule has 0 bridgehead atoms. The minimum Gasteiger partial charge on any atom is -0.492 e. The van der Waals surface area contributed by atoms with Gasteiger partial charge in [-0.15, -0.1) is 0 Å². The van der Waals surface area contributed by atoms with E-state index in [0.717, 1.165) is 42.9 Å². The van der Waals surface area contributed by atoms with E-state index >= 15 is 0 Å². The number of pyridine rings is 2. The summed E-state index contributed by atoms with van der Waals surface area (Å²) in [5.41, 5.74) is 4.42. The first-order valence-electron chi connectivity index (χ1n) is 14.5. The lowest BCUT2D eigenvalue weighted by molar-refractivity contribution is -0.160. The number of anilines is 2. The van der Waals surface area contributed by atoms with Gasteiger partial charge in [-0.05, 0) is 88.8 Å². The highest BCUT2D eigenvalue weighted by atomic mass is 19.1. The van der Waals surface area contributed by atoms with Crippen LogP contribution in [0.5, 0.6) is 5.75 Å². The van der Waals surface area contributed by atoms with Crippen molar-refractivity contribution >= 4 is 17.3 Å². The number of ether oxygens (including phenoxy) is 2. The molecule has 3 aromatic rings. The molecule has 4 rings (SSSR count). The number of piperidine rings is 1. The van der Waals surface area contributed by atoms with Crippen molar-refractivity contribution < 1.29 is 23.8 Å². The Morgan fingerprint density at radius 2 is 1.83 bits per heavy atom. The van der Waals surface area contributed by atoms with E-state index in [1.54, 1.807) is 31.5 Å². The predicted octanol–water partition coefficient (Wildman–Crippen LogP) is 6.96. The van der Waals surface area contributed by atoms with E-state index in [1.165, 1.54) is 6.07 Å². The average molecular weight is 579 g/mol. The number of hydrogen-bond acceptors (Lipinski definition) is 7. The van der Waals surface area contributed by atoms with Crippen LogP contribution in [0.2, 0.25) is 0 Å². The number of aryl methyl sites for hydroxylation is 2. The third kappa shape index (κ3) is 7.76. The molecule has 1 saturated heterocycles. The normalized spacial score (nSPS) is 15.8. The van der Waals surface area contributed by atoms with Crippen molar-refractivity contribution in [2.45, 2.75) is 73.0 Å². The lowest BCUT2D eigenvalue weighted by Gasteiger charge is -2.40. The summed E-state index contributed by atoms with van der Waals surface area (Å²) in [6.45, 7) is 16.2. The number of halogens is 1. The molecule has 0 aliphatic carbocycles. The van der Waals surface area contributed by atoms with Crippen LogP contribution in [-0.2, 0) is 9.53 Å². The van der Waals surface area contributed by atoms with Gasteiger partial charge in [-0.3, -0.25) is 9.97 Å². The van der Waals surface area contributed by atoms with Crippen LogP contribution in [0.1, 0.15) is 70.4 Å². The summed E-state index contributed by atoms with van der Waals surface area (Å²) in [5.74, 6) is -0.679. The van der Waals surface area contributed by atoms with Gasteiger partial charge >= 0.3 is 5.97 Å². The number of benzene rings is 1. The molecule has 2 N–H and O–H groups in total. The summed E-state index contributed by atoms with van der Waals surface area (Å²) in [6.07, 6.45) is 4.34. The number of hydrogen-bond donors (Lipinski definition) is 2. The third-order valence-corrected chi connectivity index (χ3v) is 7.55. The summed E-state index contributed by atoms with van der Waals surface area (Å²) < 4.78 is 25.3. The van der Waals surface area contributed by atoms with Gasteiger partial charge in [0.2, 0.25) is 0 Å². The van der Waals surface area contributed by atoms with Crippen LogP contribution in [0, 0.1) is 25.1 Å². The van der Waals surface area contributed by atoms with Crippen LogP contribution < -0.4 is 15.0 Å². The fourth-order valence-corrected chi connectivity index (χ4v) is 5.10. The van der Waals surface area contributed by atoms with Crippen molar-refractivity contribution in [3.05, 3.63) is 65.4 Å². The monoisotopic (exact) mass is 578 g/mol. The Kier molecular flexibility index (Phi) is 9.40. The van der Waals surface area contributed by atoms with Crippen LogP contribution in [0.4, 0.5) is 15.8 Å². The molecule has 1 aromatic carbocycles. The van der Waals surface area contributed by atoms with Crippen LogP contribution in [-0.4, -0.2) is 52.9 Å². The molecule has 1 aliphatic rings. The highest BCUT2D eigenvalue weighted by molar-refractivity contribution is 5.85. The number of nitrogens with one attached hydrogen (secondary N) is 1. The van der Waals surface area contributed by atoms with E-state index in [2.05, 4.69) is 29.0 Å². The van der Waals surface area contributed by atoms with E-state index in [-0.39, 0.29) is 11.2 Å². The zero-order valence-corrected chi connectivity index (χ0v) is 25.8. The van der Waals surface area contributed by atoms with Crippen molar-refractivity contribution in [1.29, 1.82) is 0 Å². The van der Waals surface area contributed by atoms with Crippen molar-refractivity contribution in [2.24, 2.45) is 5.41 Å². The van der Waals surface area contributed by atoms with Gasteiger partial charge in [0, 0.05) is 42.7 Å². The number of carbonyl (C=O) groups is 1. The van der Waals surface area contributed by atoms with Crippen molar-refractivity contribution in [3.8, 4) is 17.0 Å². The molecule has 8 nitrogen and oxygen atoms in total. The van der Waals surface area contributed by atoms with Gasteiger partial charge in [-0.2, -0.15) is 0 Å². The molecular weight excluding hydrogens is 535 g/mol. The fraction of sp³-hybridized carbons (Fsp3) is 0.485. The maximum absolute atomic E-state index is 13.5. The Morgan fingerprint density at radius 3 is 2.43 bits per heavy atom. The number of carboxylic acids is 1. The largest absolute Gasteiger partial charge is 0.492 e. The summed E-state index contributed by atoms with van der Waals surface area (Å²) in [7, 11) is 0. The first-order chi connectivity index (χ1) is 19.7. The Bertz CT molecular complexity index is 1390. The second-order valence-electron chi connectivity index (χ2n) is 12.7. The second kappa shape index (κ2) is 12.7. The molecule has 1 aliphatic heterocycles. The van der Waals surface area contributed by atoms with E-state index in [4.69, 9.17) is 14.5 Å². The van der Waals surface area contributed by atoms with E-state index in [0.29, 0.717) is 41.4 Å². The quantitative estimate of drug-likeness (QED) is 0.249. The van der Waals surface area contributed by atoms with Crippen LogP contribution in [0.25, 0.3) is 11.3 Å². The smallest absolute Gasteiger partial charge is 0.337 e. The summed E-state index contributed by atoms with van der Waals surface area (Å²) in [5, 5.41) is 13.6. The molecule has 2 aromatic heterocycles. The molecular formula is C33H43FN4O4. The molecule has 0 saturated carbocycles. The first kappa shape index (κ1) is 31.2. The number of aliphatic carboxylic acids is 1. The molecule has 0 radical (unpaired) electrons. The topological polar surface area (TPSA) is 96.8 Å². The average Bonchev–Trinajstić information content (AvgIpc) is 2.92. The van der Waals surface area contributed by atoms with Gasteiger partial charge in [-0.25, -0.2) is 9.18 Å². The molecule has 42 heavy (non-hydrogen) atoms. The van der Waals surface area contributed by atoms with Crippen LogP contribution in [0.3, 0.4) is 0 Å². The number of rotatable bonds is 10. The molecule has 3 heterocycles. The predicted molar refractivity (Wildman–Crippen MR) is 164 cm³/mol. The zero-order valence-electron chi connectivity index (χ0n) is 25.8. The van der Waals surface area contributed by atoms with Gasteiger partial charge in [-0.1, -0.05) is 13.8 Å². The van der Waals surface area contributed by atoms with Crippen LogP contribution >= 0.6 is 0 Å². The Hall–Kier alpha value is -3.72. The Labute approximate surface area is 248 Å². The lowest BCUT2D eigenvalue weighted by atomic mass is 9.82. The molecule has 1 atom stereocenters. The highest BCUT2D eigenvalue weighted by Crippen LogP contribution is 2.43. The van der Waals surface area contributed by atoms with Gasteiger partial charge in [0.1, 0.15) is 18.2 Å². The minimum absolute atomic E-state index is 0.220. The molecule has 226 valence electrons. The zero-order chi connectivity index (χ0) is 30.7. The molecule has 0 amide bonds. The fourth-order valence-electron chi connectivity index (χ4n) is 5.10. The molecule has 9 heteroatoms. The van der Waals surface area contributed by atoms with E-state index in [1.807, 2.05) is 39.8 Å². The molecule has 0 spiro atoms. The number of carboxylic acid groups (broad SMARTS) is 1. The van der Waals surface area contributed by atoms with Gasteiger partial charge in [0.05, 0.1) is 28.9 Å². The minimum atomic E-state index is -1.17. The summed E-state index contributed by atoms with van der Waals surface area (Å²) in [6, 6.07) is 8.55. The number of nitrogens with zero attached hydrogens (tertiary/aromatic N) is 3. The molecule has 0 unspecified atom stereocenters. The van der Waals surface area contributed by atoms with Gasteiger partial charge in [0.25, 0.3) is 0 Å². The Morgan fingerprint density at radius 1 is 1.12 bits per heavy atom. The summed E-state index contributed by atoms with van der Waals surface area (Å²) >= 11 is 0. The van der Waals surface area contributed by atoms with Crippen molar-refractivity contribution in [2.75, 3.05) is 36.5 Å². The first-order valence-corrected chi connectivity index (χ1v) is 14.5. The standard InChI is InChI=1S/C33H43FN4O4/c1-21-18-24(9-10-26(21)34)41-17-14-35-23-8-11-27(37-19-23)25-20-36-22(2)28(30(31(39)40)42-32(3,4)5)29(25)38-15-12-33(6,7)13-16-38/h8-11,18-20,30,35H,12-17H2,1-7H3,(H,39,40)/t30-/m0/s1. The maximum Gasteiger partial charge on any atom is 0.337 e. The van der Waals surface area contributed by atoms with Crippen LogP contribution in [0.15, 0.2) is 42.7 Å². The SMILES string of the molecule is Cc1cc(OCCNc2ccc(-c3cnc(C)c([C@H](OC(C)(C)C)C(=O)O)c3N3CCC(C)(C)CC3)nc2)ccc1F. The summed E-state index contributed by atoms with van der Waals surface area (Å²) in [4.78, 5) is 24.2. The van der Waals surface area contributed by atoms with E-state index in [9.17, 15) is 14.3 Å². The second-order valence-corrected chi connectivity index (χ2v) is 12.7. The van der Waals surface area contributed by atoms with Crippen molar-refractivity contribution in [1.82, 2.24) is 9.97 Å². The van der Waals surface area contributed by atoms with Gasteiger partial charge < -0.3 is 24.8 Å². The van der Waals surface area contributed by atoms with Crippen molar-refractivity contribution in [3.63, 3.8) is 0 Å². The lowest BCUT2D eigenvalue weighted by Crippen LogP contribution is -2.39. The maximum atomic E-state index is 13.5. The molecule has 1 fully saturated rings. The highest BCUT2D eigenvalue weighted by Gasteiger charge is 2.36. The third-order valence-electron chi connectivity index (χ3n) is 7.55. The van der Waals surface area contributed by atoms with Gasteiger partial charge in [0.15, 0.2) is 6.10 Å². The number of aromatic nitrogens is 2.